The van der Waals surface area contributed by atoms with Crippen LogP contribution in [0.5, 0.6) is 0 Å². The number of hydroxylamine groups is 1. The van der Waals surface area contributed by atoms with Gasteiger partial charge < -0.3 is 5.32 Å². The summed E-state index contributed by atoms with van der Waals surface area (Å²) < 4.78 is 38.5. The lowest BCUT2D eigenvalue weighted by atomic mass is 10.2. The average molecular weight is 373 g/mol. The van der Waals surface area contributed by atoms with Gasteiger partial charge in [0, 0.05) is 12.7 Å². The molecular weight excluding hydrogens is 359 g/mol. The molecule has 128 valence electrons. The molecule has 0 fully saturated rings. The normalized spacial score (nSPS) is 11.5. The molecule has 2 aromatic rings. The van der Waals surface area contributed by atoms with Gasteiger partial charge in [0.2, 0.25) is 0 Å². The van der Waals surface area contributed by atoms with Gasteiger partial charge in [0.1, 0.15) is 5.82 Å². The molecular formula is C15H14ClFN2O4S. The van der Waals surface area contributed by atoms with Gasteiger partial charge in [0.25, 0.3) is 15.9 Å². The van der Waals surface area contributed by atoms with Gasteiger partial charge in [-0.05, 0) is 36.4 Å². The number of sulfonamides is 1. The summed E-state index contributed by atoms with van der Waals surface area (Å²) in [6, 6.07) is 9.26. The first-order valence-electron chi connectivity index (χ1n) is 6.66. The zero-order valence-electron chi connectivity index (χ0n) is 12.8. The summed E-state index contributed by atoms with van der Waals surface area (Å²) in [5.41, 5.74) is 0.00770. The molecule has 0 saturated carbocycles. The number of hydrogen-bond acceptors (Lipinski definition) is 4. The number of benzene rings is 2. The predicted octanol–water partition coefficient (Wildman–Crippen LogP) is 2.91. The Bertz CT molecular complexity index is 836. The van der Waals surface area contributed by atoms with Crippen molar-refractivity contribution in [3.05, 3.63) is 58.9 Å². The minimum absolute atomic E-state index is 0.0197. The predicted molar refractivity (Wildman–Crippen MR) is 87.8 cm³/mol. The van der Waals surface area contributed by atoms with Gasteiger partial charge >= 0.3 is 0 Å². The number of nitrogens with one attached hydrogen (secondary N) is 1. The monoisotopic (exact) mass is 372 g/mol. The van der Waals surface area contributed by atoms with Crippen LogP contribution in [0.4, 0.5) is 10.1 Å². The summed E-state index contributed by atoms with van der Waals surface area (Å²) in [4.78, 5) is 16.8. The lowest BCUT2D eigenvalue weighted by Crippen LogP contribution is -2.25. The van der Waals surface area contributed by atoms with E-state index < -0.39 is 21.7 Å². The van der Waals surface area contributed by atoms with Gasteiger partial charge in [0.05, 0.1) is 22.6 Å². The van der Waals surface area contributed by atoms with E-state index in [0.29, 0.717) is 10.2 Å². The summed E-state index contributed by atoms with van der Waals surface area (Å²) in [7, 11) is -1.30. The molecule has 0 radical (unpaired) electrons. The molecule has 0 aliphatic rings. The third-order valence-corrected chi connectivity index (χ3v) is 5.20. The highest BCUT2D eigenvalue weighted by atomic mass is 35.5. The van der Waals surface area contributed by atoms with Gasteiger partial charge in [-0.2, -0.15) is 0 Å². The van der Waals surface area contributed by atoms with Crippen molar-refractivity contribution in [2.24, 2.45) is 0 Å². The summed E-state index contributed by atoms with van der Waals surface area (Å²) in [5.74, 6) is -1.48. The number of carbonyl (C=O) groups excluding carboxylic acids is 1. The topological polar surface area (TPSA) is 75.7 Å². The first-order chi connectivity index (χ1) is 11.3. The number of nitrogens with zero attached hydrogens (tertiary/aromatic N) is 1. The second-order valence-electron chi connectivity index (χ2n) is 4.67. The van der Waals surface area contributed by atoms with Crippen molar-refractivity contribution < 1.29 is 22.4 Å². The maximum Gasteiger partial charge on any atom is 0.264 e. The van der Waals surface area contributed by atoms with Crippen molar-refractivity contribution in [1.82, 2.24) is 4.47 Å². The summed E-state index contributed by atoms with van der Waals surface area (Å²) in [5, 5.41) is 2.44. The third kappa shape index (κ3) is 3.73. The molecule has 2 aromatic carbocycles. The van der Waals surface area contributed by atoms with Gasteiger partial charge in [-0.25, -0.2) is 12.8 Å². The Labute approximate surface area is 143 Å². The number of carbonyl (C=O) groups is 1. The molecule has 1 amide bonds. The highest BCUT2D eigenvalue weighted by molar-refractivity contribution is 7.89. The van der Waals surface area contributed by atoms with E-state index in [-0.39, 0.29) is 15.5 Å². The summed E-state index contributed by atoms with van der Waals surface area (Å²) >= 11 is 5.83. The van der Waals surface area contributed by atoms with E-state index >= 15 is 0 Å². The first-order valence-corrected chi connectivity index (χ1v) is 8.47. The SMILES string of the molecule is CON(C)S(=O)(=O)c1ccc(NC(=O)c2c(F)cccc2Cl)cc1. The first kappa shape index (κ1) is 18.3. The van der Waals surface area contributed by atoms with Crippen LogP contribution < -0.4 is 5.32 Å². The molecule has 0 unspecified atom stereocenters. The van der Waals surface area contributed by atoms with Crippen molar-refractivity contribution in [3.8, 4) is 0 Å². The largest absolute Gasteiger partial charge is 0.322 e. The van der Waals surface area contributed by atoms with Crippen LogP contribution >= 0.6 is 11.6 Å². The number of anilines is 1. The Hall–Kier alpha value is -2.00. The molecule has 9 heteroatoms. The molecule has 0 aliphatic heterocycles. The Morgan fingerprint density at radius 1 is 1.21 bits per heavy atom. The van der Waals surface area contributed by atoms with Crippen LogP contribution in [0.15, 0.2) is 47.4 Å². The van der Waals surface area contributed by atoms with E-state index in [1.165, 1.54) is 50.6 Å². The highest BCUT2D eigenvalue weighted by Crippen LogP contribution is 2.22. The van der Waals surface area contributed by atoms with Crippen molar-refractivity contribution in [1.29, 1.82) is 0 Å². The van der Waals surface area contributed by atoms with Crippen molar-refractivity contribution in [2.75, 3.05) is 19.5 Å². The maximum atomic E-state index is 13.7. The molecule has 0 aliphatic carbocycles. The highest BCUT2D eigenvalue weighted by Gasteiger charge is 2.21. The lowest BCUT2D eigenvalue weighted by molar-refractivity contribution is -0.0258. The van der Waals surface area contributed by atoms with E-state index in [4.69, 9.17) is 11.6 Å². The minimum Gasteiger partial charge on any atom is -0.322 e. The van der Waals surface area contributed by atoms with Crippen LogP contribution in [0, 0.1) is 5.82 Å². The number of amides is 1. The third-order valence-electron chi connectivity index (χ3n) is 3.20. The van der Waals surface area contributed by atoms with Crippen LogP contribution in [-0.4, -0.2) is 33.0 Å². The Morgan fingerprint density at radius 2 is 1.83 bits per heavy atom. The fraction of sp³-hybridized carbons (Fsp3) is 0.133. The van der Waals surface area contributed by atoms with E-state index in [1.54, 1.807) is 0 Å². The van der Waals surface area contributed by atoms with Crippen LogP contribution in [0.1, 0.15) is 10.4 Å². The Balaban J connectivity index is 2.22. The molecule has 0 bridgehead atoms. The zero-order valence-corrected chi connectivity index (χ0v) is 14.4. The van der Waals surface area contributed by atoms with Crippen LogP contribution in [0.25, 0.3) is 0 Å². The second-order valence-corrected chi connectivity index (χ2v) is 7.02. The molecule has 6 nitrogen and oxygen atoms in total. The standard InChI is InChI=1S/C15H14ClFN2O4S/c1-19(23-2)24(21,22)11-8-6-10(7-9-11)18-15(20)14-12(16)4-3-5-13(14)17/h3-9H,1-2H3,(H,18,20). The second kappa shape index (κ2) is 7.27. The zero-order chi connectivity index (χ0) is 17.9. The van der Waals surface area contributed by atoms with Crippen LogP contribution in [0.3, 0.4) is 0 Å². The summed E-state index contributed by atoms with van der Waals surface area (Å²) in [6.45, 7) is 0. The average Bonchev–Trinajstić information content (AvgIpc) is 2.54. The fourth-order valence-corrected chi connectivity index (χ4v) is 3.09. The molecule has 0 heterocycles. The molecule has 0 aromatic heterocycles. The molecule has 0 saturated heterocycles. The van der Waals surface area contributed by atoms with Gasteiger partial charge in [-0.15, -0.1) is 0 Å². The molecule has 2 rings (SSSR count). The molecule has 1 N–H and O–H groups in total. The Kier molecular flexibility index (Phi) is 5.55. The van der Waals surface area contributed by atoms with Crippen molar-refractivity contribution >= 4 is 33.2 Å². The van der Waals surface area contributed by atoms with Gasteiger partial charge in [-0.1, -0.05) is 22.1 Å². The molecule has 24 heavy (non-hydrogen) atoms. The number of hydrogen-bond donors (Lipinski definition) is 1. The quantitative estimate of drug-likeness (QED) is 0.819. The van der Waals surface area contributed by atoms with Crippen LogP contribution in [0.2, 0.25) is 5.02 Å². The van der Waals surface area contributed by atoms with Crippen molar-refractivity contribution in [3.63, 3.8) is 0 Å². The maximum absolute atomic E-state index is 13.7. The Morgan fingerprint density at radius 3 is 2.38 bits per heavy atom. The fourth-order valence-electron chi connectivity index (χ4n) is 1.87. The lowest BCUT2D eigenvalue weighted by Gasteiger charge is -2.14. The summed E-state index contributed by atoms with van der Waals surface area (Å²) in [6.07, 6.45) is 0. The van der Waals surface area contributed by atoms with E-state index in [1.807, 2.05) is 0 Å². The van der Waals surface area contributed by atoms with Crippen molar-refractivity contribution in [2.45, 2.75) is 4.90 Å². The number of halogens is 2. The van der Waals surface area contributed by atoms with Gasteiger partial charge in [0.15, 0.2) is 0 Å². The van der Waals surface area contributed by atoms with Crippen LogP contribution in [-0.2, 0) is 14.9 Å². The van der Waals surface area contributed by atoms with E-state index in [2.05, 4.69) is 10.2 Å². The number of rotatable bonds is 5. The van der Waals surface area contributed by atoms with E-state index in [9.17, 15) is 17.6 Å². The molecule has 0 spiro atoms. The molecule has 0 atom stereocenters. The van der Waals surface area contributed by atoms with E-state index in [0.717, 1.165) is 6.07 Å². The minimum atomic E-state index is -3.78. The van der Waals surface area contributed by atoms with Gasteiger partial charge in [-0.3, -0.25) is 9.63 Å². The smallest absolute Gasteiger partial charge is 0.264 e.